The van der Waals surface area contributed by atoms with Gasteiger partial charge in [-0.15, -0.1) is 0 Å². The summed E-state index contributed by atoms with van der Waals surface area (Å²) >= 11 is 0. The Labute approximate surface area is 242 Å². The zero-order valence-electron chi connectivity index (χ0n) is 24.6. The van der Waals surface area contributed by atoms with Crippen molar-refractivity contribution in [2.45, 2.75) is 71.5 Å². The van der Waals surface area contributed by atoms with Crippen LogP contribution < -0.4 is 15.8 Å². The Morgan fingerprint density at radius 1 is 1.00 bits per heavy atom. The lowest BCUT2D eigenvalue weighted by molar-refractivity contribution is -0.116. The first-order valence-electron chi connectivity index (χ1n) is 13.6. The van der Waals surface area contributed by atoms with Gasteiger partial charge >= 0.3 is 0 Å². The smallest absolute Gasteiger partial charge is 0.224 e. The fourth-order valence-corrected chi connectivity index (χ4v) is 4.84. The number of carbonyl (C=O) groups is 1. The van der Waals surface area contributed by atoms with Crippen LogP contribution in [0.25, 0.3) is 0 Å². The van der Waals surface area contributed by atoms with Crippen molar-refractivity contribution in [3.05, 3.63) is 24.3 Å². The zero-order chi connectivity index (χ0) is 28.7. The van der Waals surface area contributed by atoms with Gasteiger partial charge in [0.25, 0.3) is 0 Å². The third kappa shape index (κ3) is 22.9. The molecule has 1 amide bonds. The van der Waals surface area contributed by atoms with Crippen LogP contribution in [0, 0.1) is 5.92 Å². The third-order valence-electron chi connectivity index (χ3n) is 4.22. The number of nitrogens with two attached hydrogens (primary N) is 1. The van der Waals surface area contributed by atoms with Gasteiger partial charge in [-0.1, -0.05) is 76.1 Å². The van der Waals surface area contributed by atoms with E-state index in [9.17, 15) is 4.79 Å². The summed E-state index contributed by atoms with van der Waals surface area (Å²) in [4.78, 5) is 12.3. The third-order valence-corrected chi connectivity index (χ3v) is 7.73. The lowest BCUT2D eigenvalue weighted by Gasteiger charge is -2.22. The van der Waals surface area contributed by atoms with Crippen molar-refractivity contribution in [1.82, 2.24) is 0 Å². The lowest BCUT2D eigenvalue weighted by Crippen LogP contribution is -2.21. The molecule has 0 radical (unpaired) electrons. The van der Waals surface area contributed by atoms with Gasteiger partial charge < -0.3 is 34.7 Å². The summed E-state index contributed by atoms with van der Waals surface area (Å²) in [5.74, 6) is 1.12. The lowest BCUT2D eigenvalue weighted by atomic mass is 10.2. The molecule has 0 spiro atoms. The van der Waals surface area contributed by atoms with Gasteiger partial charge in [0.05, 0.1) is 33.0 Å². The van der Waals surface area contributed by atoms with Crippen molar-refractivity contribution >= 4 is 33.2 Å². The van der Waals surface area contributed by atoms with E-state index >= 15 is 0 Å². The predicted octanol–water partition coefficient (Wildman–Crippen LogP) is 6.49. The fraction of sp³-hybridized carbons (Fsp3) is 0.750. The number of carbonyl (C=O) groups excluding carboxylic acids is 1. The van der Waals surface area contributed by atoms with Crippen molar-refractivity contribution in [2.24, 2.45) is 11.7 Å². The molecule has 1 atom stereocenters. The van der Waals surface area contributed by atoms with E-state index in [4.69, 9.17) is 29.4 Å². The quantitative estimate of drug-likeness (QED) is 0.0960. The molecule has 0 aliphatic rings. The van der Waals surface area contributed by atoms with E-state index < -0.39 is 0 Å². The standard InChI is InChI=1S/C26H46N2O6S2.C2H6.2H2/c1-21(2)19-32-16-17-33-25(35-36-26(3,4)5)20-34-23-9-6-8-22(18-23)28-24(29)10-7-12-30-14-15-31-13-11-27;1-2;;/h6,8-9,18,21,25H,7,10-17,19-20,27H2,1-5H3,(H,28,29);1-2H3;2*1H. The van der Waals surface area contributed by atoms with Gasteiger partial charge in [-0.2, -0.15) is 0 Å². The molecule has 0 saturated carbocycles. The van der Waals surface area contributed by atoms with Gasteiger partial charge in [0.1, 0.15) is 17.8 Å². The molecule has 3 N–H and O–H groups in total. The van der Waals surface area contributed by atoms with Gasteiger partial charge in [-0.05, 0) is 24.5 Å². The normalized spacial score (nSPS) is 12.1. The van der Waals surface area contributed by atoms with Gasteiger partial charge in [-0.25, -0.2) is 0 Å². The van der Waals surface area contributed by atoms with Crippen LogP contribution in [0.15, 0.2) is 24.3 Å². The predicted molar refractivity (Wildman–Crippen MR) is 166 cm³/mol. The topological polar surface area (TPSA) is 101 Å². The second-order valence-electron chi connectivity index (χ2n) is 9.57. The number of ether oxygens (including phenoxy) is 5. The molecule has 1 rings (SSSR count). The van der Waals surface area contributed by atoms with Crippen LogP contribution in [0.2, 0.25) is 0 Å². The van der Waals surface area contributed by atoms with Crippen LogP contribution in [-0.4, -0.2) is 75.5 Å². The average molecular weight is 581 g/mol. The monoisotopic (exact) mass is 580 g/mol. The Kier molecular flexibility index (Phi) is 23.2. The summed E-state index contributed by atoms with van der Waals surface area (Å²) in [6.45, 7) is 19.5. The average Bonchev–Trinajstić information content (AvgIpc) is 2.87. The summed E-state index contributed by atoms with van der Waals surface area (Å²) in [5, 5.41) is 2.92. The SMILES string of the molecule is CC.CC(C)COCCOC(COc1cccc(NC(=O)CCCOCCOCCN)c1)SSC(C)(C)C.[HH].[HH]. The molecule has 10 heteroatoms. The van der Waals surface area contributed by atoms with Crippen molar-refractivity contribution < 1.29 is 31.3 Å². The van der Waals surface area contributed by atoms with Crippen LogP contribution in [0.3, 0.4) is 0 Å². The molecule has 226 valence electrons. The Hall–Kier alpha value is -1.01. The maximum Gasteiger partial charge on any atom is 0.224 e. The highest BCUT2D eigenvalue weighted by Gasteiger charge is 2.18. The van der Waals surface area contributed by atoms with Crippen molar-refractivity contribution in [2.75, 3.05) is 64.7 Å². The summed E-state index contributed by atoms with van der Waals surface area (Å²) < 4.78 is 28.5. The number of anilines is 1. The first-order chi connectivity index (χ1) is 18.2. The number of benzene rings is 1. The minimum Gasteiger partial charge on any atom is -0.490 e. The second-order valence-corrected chi connectivity index (χ2v) is 12.8. The van der Waals surface area contributed by atoms with Gasteiger partial charge in [0, 0.05) is 45.5 Å². The van der Waals surface area contributed by atoms with Gasteiger partial charge in [0.2, 0.25) is 5.91 Å². The number of nitrogens with one attached hydrogen (secondary N) is 1. The molecule has 1 aromatic carbocycles. The van der Waals surface area contributed by atoms with E-state index in [1.165, 1.54) is 0 Å². The molecule has 0 aromatic heterocycles. The minimum absolute atomic E-state index is 0. The van der Waals surface area contributed by atoms with Gasteiger partial charge in [-0.3, -0.25) is 4.79 Å². The molecular formula is C28H56N2O6S2. The van der Waals surface area contributed by atoms with Gasteiger partial charge in [0.15, 0.2) is 0 Å². The van der Waals surface area contributed by atoms with Crippen molar-refractivity contribution in [3.8, 4) is 5.75 Å². The molecule has 0 bridgehead atoms. The fourth-order valence-electron chi connectivity index (χ4n) is 2.65. The zero-order valence-corrected chi connectivity index (χ0v) is 26.2. The van der Waals surface area contributed by atoms with E-state index in [1.54, 1.807) is 21.6 Å². The Balaban J connectivity index is -0.00000334. The largest absolute Gasteiger partial charge is 0.490 e. The molecule has 0 aliphatic carbocycles. The highest BCUT2D eigenvalue weighted by molar-refractivity contribution is 8.77. The molecule has 0 fully saturated rings. The van der Waals surface area contributed by atoms with Crippen LogP contribution in [0.5, 0.6) is 5.75 Å². The first-order valence-corrected chi connectivity index (χ1v) is 15.8. The van der Waals surface area contributed by atoms with E-state index in [2.05, 4.69) is 39.9 Å². The Bertz CT molecular complexity index is 716. The van der Waals surface area contributed by atoms with E-state index in [0.717, 1.165) is 6.61 Å². The maximum atomic E-state index is 12.3. The van der Waals surface area contributed by atoms with Crippen molar-refractivity contribution in [3.63, 3.8) is 0 Å². The maximum absolute atomic E-state index is 12.3. The molecule has 0 saturated heterocycles. The highest BCUT2D eigenvalue weighted by atomic mass is 33.1. The number of hydrogen-bond donors (Lipinski definition) is 2. The number of rotatable bonds is 21. The minimum atomic E-state index is -0.143. The summed E-state index contributed by atoms with van der Waals surface area (Å²) in [6.07, 6.45) is 1.02. The summed E-state index contributed by atoms with van der Waals surface area (Å²) in [6, 6.07) is 7.41. The highest BCUT2D eigenvalue weighted by Crippen LogP contribution is 2.38. The van der Waals surface area contributed by atoms with E-state index in [1.807, 2.05) is 38.1 Å². The van der Waals surface area contributed by atoms with Crippen LogP contribution in [0.1, 0.15) is 64.2 Å². The molecule has 0 heterocycles. The molecule has 0 aliphatic heterocycles. The number of amides is 1. The molecule has 38 heavy (non-hydrogen) atoms. The Morgan fingerprint density at radius 3 is 2.34 bits per heavy atom. The summed E-state index contributed by atoms with van der Waals surface area (Å²) in [5.41, 5.74) is 5.91. The van der Waals surface area contributed by atoms with E-state index in [0.29, 0.717) is 83.0 Å². The first kappa shape index (κ1) is 37.0. The van der Waals surface area contributed by atoms with Crippen molar-refractivity contribution in [1.29, 1.82) is 0 Å². The molecule has 8 nitrogen and oxygen atoms in total. The molecular weight excluding hydrogens is 524 g/mol. The van der Waals surface area contributed by atoms with Crippen LogP contribution in [-0.2, 0) is 23.7 Å². The number of hydrogen-bond acceptors (Lipinski definition) is 9. The van der Waals surface area contributed by atoms with Crippen LogP contribution >= 0.6 is 21.6 Å². The second kappa shape index (κ2) is 23.8. The van der Waals surface area contributed by atoms with Crippen LogP contribution in [0.4, 0.5) is 5.69 Å². The molecule has 1 aromatic rings. The summed E-state index contributed by atoms with van der Waals surface area (Å²) in [7, 11) is 3.43. The Morgan fingerprint density at radius 2 is 1.68 bits per heavy atom. The molecule has 1 unspecified atom stereocenters. The van der Waals surface area contributed by atoms with E-state index in [-0.39, 0.29) is 18.9 Å².